The average molecular weight is 283 g/mol. The lowest BCUT2D eigenvalue weighted by atomic mass is 9.88. The molecule has 2 fully saturated rings. The molecule has 20 heavy (non-hydrogen) atoms. The molecule has 0 aromatic carbocycles. The first-order valence-corrected chi connectivity index (χ1v) is 8.35. The maximum Gasteiger partial charge on any atom is 0.0604 e. The highest BCUT2D eigenvalue weighted by Gasteiger charge is 2.33. The Morgan fingerprint density at radius 2 is 1.70 bits per heavy atom. The third kappa shape index (κ3) is 4.69. The van der Waals surface area contributed by atoms with Crippen molar-refractivity contribution in [3.63, 3.8) is 0 Å². The molecule has 0 N–H and O–H groups in total. The van der Waals surface area contributed by atoms with E-state index in [1.54, 1.807) is 0 Å². The monoisotopic (exact) mass is 283 g/mol. The van der Waals surface area contributed by atoms with Crippen molar-refractivity contribution in [2.45, 2.75) is 45.8 Å². The second-order valence-electron chi connectivity index (χ2n) is 6.91. The molecule has 2 rings (SSSR count). The fourth-order valence-electron chi connectivity index (χ4n) is 3.33. The Hall–Kier alpha value is -0.160. The largest absolute Gasteiger partial charge is 0.378 e. The minimum atomic E-state index is 0.523. The Bertz CT molecular complexity index is 271. The van der Waals surface area contributed by atoms with Crippen LogP contribution in [0.5, 0.6) is 0 Å². The van der Waals surface area contributed by atoms with Crippen LogP contribution in [-0.4, -0.2) is 79.9 Å². The molecule has 1 aliphatic carbocycles. The van der Waals surface area contributed by atoms with Crippen LogP contribution in [0.1, 0.15) is 33.6 Å². The highest BCUT2D eigenvalue weighted by Crippen LogP contribution is 2.27. The maximum atomic E-state index is 5.65. The molecular weight excluding hydrogens is 250 g/mol. The number of nitrogens with zero attached hydrogens (tertiary/aromatic N) is 3. The molecule has 1 saturated heterocycles. The molecule has 0 spiro atoms. The number of rotatable bonds is 7. The molecule has 0 aromatic heterocycles. The molecule has 2 aliphatic rings. The average Bonchev–Trinajstić information content (AvgIpc) is 2.35. The van der Waals surface area contributed by atoms with Crippen LogP contribution in [-0.2, 0) is 4.74 Å². The van der Waals surface area contributed by atoms with Gasteiger partial charge in [-0.25, -0.2) is 0 Å². The third-order valence-electron chi connectivity index (χ3n) is 4.61. The molecule has 118 valence electrons. The molecular formula is C16H33N3O. The number of ether oxygens (including phenoxy) is 1. The summed E-state index contributed by atoms with van der Waals surface area (Å²) < 4.78 is 5.65. The first-order chi connectivity index (χ1) is 9.58. The highest BCUT2D eigenvalue weighted by molar-refractivity contribution is 4.87. The second-order valence-corrected chi connectivity index (χ2v) is 6.91. The van der Waals surface area contributed by atoms with Crippen LogP contribution in [0.2, 0.25) is 0 Å². The van der Waals surface area contributed by atoms with Gasteiger partial charge in [0.25, 0.3) is 0 Å². The molecule has 0 bridgehead atoms. The summed E-state index contributed by atoms with van der Waals surface area (Å²) in [6, 6.07) is 0.736. The summed E-state index contributed by atoms with van der Waals surface area (Å²) >= 11 is 0. The Labute approximate surface area is 125 Å². The minimum Gasteiger partial charge on any atom is -0.378 e. The van der Waals surface area contributed by atoms with Crippen molar-refractivity contribution < 1.29 is 4.74 Å². The summed E-state index contributed by atoms with van der Waals surface area (Å²) in [5.74, 6) is 0.787. The predicted molar refractivity (Wildman–Crippen MR) is 83.9 cm³/mol. The zero-order valence-electron chi connectivity index (χ0n) is 13.8. The molecule has 1 saturated carbocycles. The van der Waals surface area contributed by atoms with Crippen molar-refractivity contribution in [3.05, 3.63) is 0 Å². The van der Waals surface area contributed by atoms with Gasteiger partial charge in [0, 0.05) is 45.4 Å². The van der Waals surface area contributed by atoms with E-state index >= 15 is 0 Å². The van der Waals surface area contributed by atoms with E-state index in [0.717, 1.165) is 25.2 Å². The van der Waals surface area contributed by atoms with Gasteiger partial charge in [0.05, 0.1) is 12.8 Å². The third-order valence-corrected chi connectivity index (χ3v) is 4.61. The summed E-state index contributed by atoms with van der Waals surface area (Å²) in [6.07, 6.45) is 2.96. The summed E-state index contributed by atoms with van der Waals surface area (Å²) in [4.78, 5) is 7.73. The van der Waals surface area contributed by atoms with E-state index in [4.69, 9.17) is 4.74 Å². The van der Waals surface area contributed by atoms with Crippen LogP contribution in [0.3, 0.4) is 0 Å². The molecule has 4 nitrogen and oxygen atoms in total. The van der Waals surface area contributed by atoms with Gasteiger partial charge in [0.2, 0.25) is 0 Å². The van der Waals surface area contributed by atoms with Crippen molar-refractivity contribution in [2.75, 3.05) is 53.0 Å². The fourth-order valence-corrected chi connectivity index (χ4v) is 3.33. The normalized spacial score (nSPS) is 29.1. The Morgan fingerprint density at radius 3 is 2.25 bits per heavy atom. The molecule has 1 aliphatic heterocycles. The van der Waals surface area contributed by atoms with Crippen molar-refractivity contribution in [2.24, 2.45) is 5.92 Å². The molecule has 1 heterocycles. The van der Waals surface area contributed by atoms with E-state index in [0.29, 0.717) is 6.10 Å². The van der Waals surface area contributed by atoms with E-state index in [1.807, 2.05) is 0 Å². The topological polar surface area (TPSA) is 19.0 Å². The van der Waals surface area contributed by atoms with Crippen LogP contribution in [0.25, 0.3) is 0 Å². The van der Waals surface area contributed by atoms with Gasteiger partial charge in [-0.1, -0.05) is 13.8 Å². The SMILES string of the molecule is CCOC1CC(N(C)CN2CCN(CC(C)C)CC2)C1. The van der Waals surface area contributed by atoms with Crippen LogP contribution in [0.15, 0.2) is 0 Å². The summed E-state index contributed by atoms with van der Waals surface area (Å²) in [5.41, 5.74) is 0. The lowest BCUT2D eigenvalue weighted by Gasteiger charge is -2.44. The van der Waals surface area contributed by atoms with Crippen LogP contribution < -0.4 is 0 Å². The van der Waals surface area contributed by atoms with Crippen LogP contribution in [0.4, 0.5) is 0 Å². The minimum absolute atomic E-state index is 0.523. The Kier molecular flexibility index (Phi) is 6.27. The van der Waals surface area contributed by atoms with Crippen molar-refractivity contribution in [3.8, 4) is 0 Å². The number of piperazine rings is 1. The van der Waals surface area contributed by atoms with E-state index in [2.05, 4.69) is 42.5 Å². The predicted octanol–water partition coefficient (Wildman–Crippen LogP) is 1.72. The van der Waals surface area contributed by atoms with Gasteiger partial charge in [-0.3, -0.25) is 9.80 Å². The summed E-state index contributed by atoms with van der Waals surface area (Å²) in [5, 5.41) is 0. The second kappa shape index (κ2) is 7.74. The van der Waals surface area contributed by atoms with Gasteiger partial charge in [-0.2, -0.15) is 0 Å². The first kappa shape index (κ1) is 16.2. The first-order valence-electron chi connectivity index (χ1n) is 8.35. The van der Waals surface area contributed by atoms with Gasteiger partial charge in [0.1, 0.15) is 0 Å². The van der Waals surface area contributed by atoms with Crippen molar-refractivity contribution >= 4 is 0 Å². The van der Waals surface area contributed by atoms with Gasteiger partial charge in [-0.15, -0.1) is 0 Å². The lowest BCUT2D eigenvalue weighted by molar-refractivity contribution is -0.0543. The quantitative estimate of drug-likeness (QED) is 0.708. The van der Waals surface area contributed by atoms with E-state index in [1.165, 1.54) is 45.6 Å². The van der Waals surface area contributed by atoms with Gasteiger partial charge in [0.15, 0.2) is 0 Å². The highest BCUT2D eigenvalue weighted by atomic mass is 16.5. The molecule has 0 amide bonds. The fraction of sp³-hybridized carbons (Fsp3) is 1.00. The zero-order valence-corrected chi connectivity index (χ0v) is 13.8. The summed E-state index contributed by atoms with van der Waals surface area (Å²) in [6.45, 7) is 14.9. The molecule has 0 unspecified atom stereocenters. The molecule has 0 atom stereocenters. The molecule has 0 aromatic rings. The van der Waals surface area contributed by atoms with E-state index in [-0.39, 0.29) is 0 Å². The molecule has 0 radical (unpaired) electrons. The van der Waals surface area contributed by atoms with Gasteiger partial charge < -0.3 is 9.64 Å². The van der Waals surface area contributed by atoms with E-state index < -0.39 is 0 Å². The Balaban J connectivity index is 1.61. The smallest absolute Gasteiger partial charge is 0.0604 e. The Morgan fingerprint density at radius 1 is 1.10 bits per heavy atom. The lowest BCUT2D eigenvalue weighted by Crippen LogP contribution is -2.54. The maximum absolute atomic E-state index is 5.65. The summed E-state index contributed by atoms with van der Waals surface area (Å²) in [7, 11) is 2.27. The number of hydrogen-bond donors (Lipinski definition) is 0. The van der Waals surface area contributed by atoms with Crippen LogP contribution in [0, 0.1) is 5.92 Å². The zero-order chi connectivity index (χ0) is 14.5. The molecule has 4 heteroatoms. The van der Waals surface area contributed by atoms with Crippen molar-refractivity contribution in [1.29, 1.82) is 0 Å². The number of hydrogen-bond acceptors (Lipinski definition) is 4. The standard InChI is InChI=1S/C16H33N3O/c1-5-20-16-10-15(11-16)17(4)13-19-8-6-18(7-9-19)12-14(2)3/h14-16H,5-13H2,1-4H3. The van der Waals surface area contributed by atoms with Crippen LogP contribution >= 0.6 is 0 Å². The van der Waals surface area contributed by atoms with Gasteiger partial charge >= 0.3 is 0 Å². The van der Waals surface area contributed by atoms with Crippen molar-refractivity contribution in [1.82, 2.24) is 14.7 Å². The van der Waals surface area contributed by atoms with E-state index in [9.17, 15) is 0 Å². The van der Waals surface area contributed by atoms with Gasteiger partial charge in [-0.05, 0) is 32.7 Å².